The fourth-order valence-corrected chi connectivity index (χ4v) is 4.14. The van der Waals surface area contributed by atoms with Gasteiger partial charge in [0.1, 0.15) is 11.6 Å². The molecule has 3 aromatic rings. The highest BCUT2D eigenvalue weighted by Gasteiger charge is 2.31. The Morgan fingerprint density at radius 2 is 1.97 bits per heavy atom. The molecule has 0 amide bonds. The van der Waals surface area contributed by atoms with Gasteiger partial charge in [0.15, 0.2) is 0 Å². The van der Waals surface area contributed by atoms with Crippen LogP contribution in [-0.2, 0) is 0 Å². The third-order valence-electron chi connectivity index (χ3n) is 5.55. The molecule has 1 fully saturated rings. The maximum Gasteiger partial charge on any atom is 0.135 e. The van der Waals surface area contributed by atoms with Gasteiger partial charge in [0.25, 0.3) is 0 Å². The largest absolute Gasteiger partial charge is 0.496 e. The highest BCUT2D eigenvalue weighted by Crippen LogP contribution is 2.32. The number of piperazine rings is 1. The number of para-hydroxylation sites is 1. The first-order valence-electron chi connectivity index (χ1n) is 10.0. The van der Waals surface area contributed by atoms with Crippen molar-refractivity contribution in [3.05, 3.63) is 66.4 Å². The van der Waals surface area contributed by atoms with E-state index in [1.54, 1.807) is 7.11 Å². The first kappa shape index (κ1) is 21.6. The van der Waals surface area contributed by atoms with Crippen molar-refractivity contribution >= 4 is 33.6 Å². The number of ether oxygens (including phenoxy) is 1. The van der Waals surface area contributed by atoms with Crippen LogP contribution in [-0.4, -0.2) is 42.8 Å². The second-order valence-corrected chi connectivity index (χ2v) is 7.15. The molecule has 2 heterocycles. The fraction of sp³-hybridized carbons (Fsp3) is 0.348. The van der Waals surface area contributed by atoms with Crippen molar-refractivity contribution in [3.8, 4) is 5.75 Å². The minimum Gasteiger partial charge on any atom is -0.496 e. The Balaban J connectivity index is 0.00000240. The summed E-state index contributed by atoms with van der Waals surface area (Å²) in [6.45, 7) is 5.08. The zero-order chi connectivity index (χ0) is 19.3. The molecule has 2 aromatic carbocycles. The third kappa shape index (κ3) is 4.55. The number of aromatic nitrogens is 1. The molecule has 0 radical (unpaired) electrons. The summed E-state index contributed by atoms with van der Waals surface area (Å²) in [5.41, 5.74) is 1.23. The monoisotopic (exact) mass is 456 g/mol. The molecule has 2 N–H and O–H groups in total. The summed E-state index contributed by atoms with van der Waals surface area (Å²) >= 11 is 0. The average Bonchev–Trinajstić information content (AvgIpc) is 2.77. The maximum absolute atomic E-state index is 5.65. The molecular weight excluding hydrogens is 428 g/mol. The van der Waals surface area contributed by atoms with Crippen molar-refractivity contribution in [3.63, 3.8) is 0 Å². The molecule has 1 aliphatic rings. The summed E-state index contributed by atoms with van der Waals surface area (Å²) in [6.07, 6.45) is 3.05. The fourth-order valence-electron chi connectivity index (χ4n) is 4.14. The summed E-state index contributed by atoms with van der Waals surface area (Å²) in [4.78, 5) is 7.18. The summed E-state index contributed by atoms with van der Waals surface area (Å²) in [6, 6.07) is 19.0. The molecule has 6 heteroatoms. The number of pyridine rings is 1. The van der Waals surface area contributed by atoms with Gasteiger partial charge < -0.3 is 15.4 Å². The normalized spacial score (nSPS) is 18.1. The van der Waals surface area contributed by atoms with E-state index in [9.17, 15) is 0 Å². The SMILES string of the molecule is Br.CCC(Nc1nccc2ccccc12)N1CCNCC1c1ccccc1OC. The quantitative estimate of drug-likeness (QED) is 0.566. The van der Waals surface area contributed by atoms with E-state index in [0.29, 0.717) is 0 Å². The average molecular weight is 457 g/mol. The maximum atomic E-state index is 5.65. The number of halogens is 1. The molecule has 1 aromatic heterocycles. The first-order chi connectivity index (χ1) is 13.8. The van der Waals surface area contributed by atoms with Crippen LogP contribution < -0.4 is 15.4 Å². The van der Waals surface area contributed by atoms with Crippen molar-refractivity contribution in [2.24, 2.45) is 0 Å². The van der Waals surface area contributed by atoms with Gasteiger partial charge in [-0.05, 0) is 23.9 Å². The second-order valence-electron chi connectivity index (χ2n) is 7.15. The van der Waals surface area contributed by atoms with E-state index in [0.717, 1.165) is 43.0 Å². The molecule has 0 aliphatic carbocycles. The third-order valence-corrected chi connectivity index (χ3v) is 5.55. The van der Waals surface area contributed by atoms with E-state index in [1.807, 2.05) is 18.3 Å². The zero-order valence-corrected chi connectivity index (χ0v) is 18.7. The van der Waals surface area contributed by atoms with Crippen LogP contribution in [0.1, 0.15) is 24.9 Å². The van der Waals surface area contributed by atoms with Gasteiger partial charge in [-0.15, -0.1) is 17.0 Å². The molecule has 154 valence electrons. The molecular formula is C23H29BrN4O. The Kier molecular flexibility index (Phi) is 7.47. The summed E-state index contributed by atoms with van der Waals surface area (Å²) < 4.78 is 5.65. The minimum absolute atomic E-state index is 0. The minimum atomic E-state index is 0. The number of benzene rings is 2. The number of nitrogens with zero attached hydrogens (tertiary/aromatic N) is 2. The number of rotatable bonds is 6. The van der Waals surface area contributed by atoms with Gasteiger partial charge >= 0.3 is 0 Å². The molecule has 4 rings (SSSR count). The Morgan fingerprint density at radius 3 is 2.79 bits per heavy atom. The Labute approximate surface area is 183 Å². The van der Waals surface area contributed by atoms with E-state index in [4.69, 9.17) is 4.74 Å². The number of nitrogens with one attached hydrogen (secondary N) is 2. The van der Waals surface area contributed by atoms with Crippen LogP contribution in [0.15, 0.2) is 60.8 Å². The Bertz CT molecular complexity index is 930. The van der Waals surface area contributed by atoms with E-state index >= 15 is 0 Å². The van der Waals surface area contributed by atoms with Gasteiger partial charge in [0, 0.05) is 36.8 Å². The number of hydrogen-bond donors (Lipinski definition) is 2. The van der Waals surface area contributed by atoms with Crippen molar-refractivity contribution in [2.75, 3.05) is 32.1 Å². The molecule has 1 saturated heterocycles. The molecule has 5 nitrogen and oxygen atoms in total. The van der Waals surface area contributed by atoms with Crippen LogP contribution in [0.2, 0.25) is 0 Å². The molecule has 0 bridgehead atoms. The lowest BCUT2D eigenvalue weighted by molar-refractivity contribution is 0.115. The van der Waals surface area contributed by atoms with Crippen LogP contribution in [0.25, 0.3) is 10.8 Å². The lowest BCUT2D eigenvalue weighted by atomic mass is 10.0. The van der Waals surface area contributed by atoms with E-state index < -0.39 is 0 Å². The molecule has 2 atom stereocenters. The second kappa shape index (κ2) is 10.1. The smallest absolute Gasteiger partial charge is 0.135 e. The number of methoxy groups -OCH3 is 1. The molecule has 2 unspecified atom stereocenters. The number of hydrogen-bond acceptors (Lipinski definition) is 5. The van der Waals surface area contributed by atoms with Gasteiger partial charge in [-0.25, -0.2) is 4.98 Å². The lowest BCUT2D eigenvalue weighted by Gasteiger charge is -2.42. The first-order valence-corrected chi connectivity index (χ1v) is 10.0. The van der Waals surface area contributed by atoms with Gasteiger partial charge in [0.05, 0.1) is 19.3 Å². The summed E-state index contributed by atoms with van der Waals surface area (Å²) in [5, 5.41) is 9.64. The highest BCUT2D eigenvalue weighted by molar-refractivity contribution is 8.93. The van der Waals surface area contributed by atoms with Gasteiger partial charge in [-0.3, -0.25) is 4.90 Å². The van der Waals surface area contributed by atoms with E-state index in [2.05, 4.69) is 69.9 Å². The van der Waals surface area contributed by atoms with E-state index in [-0.39, 0.29) is 29.2 Å². The highest BCUT2D eigenvalue weighted by atomic mass is 79.9. The van der Waals surface area contributed by atoms with E-state index in [1.165, 1.54) is 10.9 Å². The predicted molar refractivity (Wildman–Crippen MR) is 125 cm³/mol. The van der Waals surface area contributed by atoms with Crippen molar-refractivity contribution in [2.45, 2.75) is 25.6 Å². The van der Waals surface area contributed by atoms with Crippen molar-refractivity contribution in [1.29, 1.82) is 0 Å². The standard InChI is InChI=1S/C23H28N4O.BrH/c1-3-22(26-23-18-9-5-4-8-17(18)12-13-25-23)27-15-14-24-16-20(27)19-10-6-7-11-21(19)28-2;/h4-13,20,22,24H,3,14-16H2,1-2H3,(H,25,26);1H. The predicted octanol–water partition coefficient (Wildman–Crippen LogP) is 4.62. The van der Waals surface area contributed by atoms with Crippen LogP contribution in [0.3, 0.4) is 0 Å². The number of fused-ring (bicyclic) bond motifs is 1. The van der Waals surface area contributed by atoms with Crippen molar-refractivity contribution in [1.82, 2.24) is 15.2 Å². The zero-order valence-electron chi connectivity index (χ0n) is 17.0. The molecule has 29 heavy (non-hydrogen) atoms. The number of anilines is 1. The lowest BCUT2D eigenvalue weighted by Crippen LogP contribution is -2.52. The Morgan fingerprint density at radius 1 is 1.17 bits per heavy atom. The summed E-state index contributed by atoms with van der Waals surface area (Å²) in [7, 11) is 1.75. The molecule has 0 spiro atoms. The molecule has 1 aliphatic heterocycles. The van der Waals surface area contributed by atoms with Gasteiger partial charge in [0.2, 0.25) is 0 Å². The summed E-state index contributed by atoms with van der Waals surface area (Å²) in [5.74, 6) is 1.89. The van der Waals surface area contributed by atoms with Gasteiger partial charge in [-0.1, -0.05) is 49.4 Å². The van der Waals surface area contributed by atoms with Crippen LogP contribution in [0.5, 0.6) is 5.75 Å². The molecule has 0 saturated carbocycles. The van der Waals surface area contributed by atoms with Crippen LogP contribution in [0.4, 0.5) is 5.82 Å². The Hall–Kier alpha value is -2.15. The van der Waals surface area contributed by atoms with Crippen molar-refractivity contribution < 1.29 is 4.74 Å². The van der Waals surface area contributed by atoms with Crippen LogP contribution >= 0.6 is 17.0 Å². The van der Waals surface area contributed by atoms with Crippen LogP contribution in [0, 0.1) is 0 Å². The van der Waals surface area contributed by atoms with Gasteiger partial charge in [-0.2, -0.15) is 0 Å². The topological polar surface area (TPSA) is 49.4 Å².